The first-order valence-corrected chi connectivity index (χ1v) is 9.69. The van der Waals surface area contributed by atoms with Crippen LogP contribution >= 0.6 is 27.5 Å². The molecule has 0 radical (unpaired) electrons. The van der Waals surface area contributed by atoms with Crippen molar-refractivity contribution in [3.8, 4) is 5.75 Å². The van der Waals surface area contributed by atoms with E-state index >= 15 is 0 Å². The van der Waals surface area contributed by atoms with Crippen LogP contribution in [0.3, 0.4) is 0 Å². The van der Waals surface area contributed by atoms with Crippen molar-refractivity contribution in [3.05, 3.63) is 81.0 Å². The Morgan fingerprint density at radius 2 is 2.04 bits per heavy atom. The van der Waals surface area contributed by atoms with Gasteiger partial charge in [-0.1, -0.05) is 39.7 Å². The highest BCUT2D eigenvalue weighted by Gasteiger charge is 2.10. The summed E-state index contributed by atoms with van der Waals surface area (Å²) in [4.78, 5) is 12.4. The summed E-state index contributed by atoms with van der Waals surface area (Å²) in [6, 6.07) is 15.0. The summed E-state index contributed by atoms with van der Waals surface area (Å²) in [6.45, 7) is 3.38. The van der Waals surface area contributed by atoms with Crippen LogP contribution in [0.15, 0.2) is 59.2 Å². The number of hydrogen-bond donors (Lipinski definition) is 1. The molecule has 0 saturated heterocycles. The molecule has 7 heteroatoms. The van der Waals surface area contributed by atoms with Gasteiger partial charge in [-0.2, -0.15) is 5.10 Å². The molecule has 3 aromatic rings. The van der Waals surface area contributed by atoms with E-state index in [2.05, 4.69) is 26.3 Å². The van der Waals surface area contributed by atoms with Gasteiger partial charge in [-0.25, -0.2) is 0 Å². The van der Waals surface area contributed by atoms with Gasteiger partial charge in [0.1, 0.15) is 18.1 Å². The molecule has 1 N–H and O–H groups in total. The Kier molecular flexibility index (Phi) is 6.53. The second kappa shape index (κ2) is 9.06. The second-order valence-electron chi connectivity index (χ2n) is 5.91. The zero-order valence-electron chi connectivity index (χ0n) is 14.8. The third kappa shape index (κ3) is 5.34. The van der Waals surface area contributed by atoms with E-state index in [1.54, 1.807) is 16.9 Å². The van der Waals surface area contributed by atoms with Gasteiger partial charge in [0, 0.05) is 22.8 Å². The Hall–Kier alpha value is -2.31. The van der Waals surface area contributed by atoms with E-state index in [4.69, 9.17) is 16.3 Å². The van der Waals surface area contributed by atoms with Crippen LogP contribution in [-0.2, 0) is 19.7 Å². The molecule has 0 saturated carbocycles. The Labute approximate surface area is 171 Å². The van der Waals surface area contributed by atoms with Crippen LogP contribution in [0, 0.1) is 0 Å². The monoisotopic (exact) mass is 447 g/mol. The molecule has 27 heavy (non-hydrogen) atoms. The van der Waals surface area contributed by atoms with Gasteiger partial charge in [-0.3, -0.25) is 9.48 Å². The number of aromatic nitrogens is 2. The Morgan fingerprint density at radius 1 is 1.26 bits per heavy atom. The Balaban J connectivity index is 1.59. The maximum Gasteiger partial charge on any atom is 0.251 e. The van der Waals surface area contributed by atoms with E-state index in [0.717, 1.165) is 22.3 Å². The molecule has 1 amide bonds. The number of ether oxygens (including phenoxy) is 1. The van der Waals surface area contributed by atoms with Crippen molar-refractivity contribution in [2.45, 2.75) is 26.6 Å². The molecule has 0 spiro atoms. The zero-order chi connectivity index (χ0) is 19.2. The predicted molar refractivity (Wildman–Crippen MR) is 109 cm³/mol. The topological polar surface area (TPSA) is 56.2 Å². The first-order chi connectivity index (χ1) is 13.0. The van der Waals surface area contributed by atoms with E-state index in [-0.39, 0.29) is 12.5 Å². The van der Waals surface area contributed by atoms with Crippen LogP contribution < -0.4 is 10.1 Å². The highest BCUT2D eigenvalue weighted by Crippen LogP contribution is 2.18. The number of carbonyl (C=O) groups excluding carboxylic acids is 1. The van der Waals surface area contributed by atoms with Crippen LogP contribution in [0.1, 0.15) is 28.5 Å². The number of nitrogens with one attached hydrogen (secondary N) is 1. The fraction of sp³-hybridized carbons (Fsp3) is 0.200. The molecule has 2 aromatic carbocycles. The lowest BCUT2D eigenvalue weighted by molar-refractivity contribution is 0.0950. The van der Waals surface area contributed by atoms with Gasteiger partial charge in [-0.15, -0.1) is 0 Å². The number of aryl methyl sites for hydroxylation is 1. The maximum atomic E-state index is 12.4. The van der Waals surface area contributed by atoms with E-state index < -0.39 is 0 Å². The summed E-state index contributed by atoms with van der Waals surface area (Å²) in [7, 11) is 0. The summed E-state index contributed by atoms with van der Waals surface area (Å²) in [5.74, 6) is 0.594. The minimum Gasteiger partial charge on any atom is -0.489 e. The molecule has 0 bridgehead atoms. The molecular weight excluding hydrogens is 430 g/mol. The molecular formula is C20H19BrClN3O2. The van der Waals surface area contributed by atoms with Crippen molar-refractivity contribution >= 4 is 33.4 Å². The summed E-state index contributed by atoms with van der Waals surface area (Å²) in [6.07, 6.45) is 1.75. The average Bonchev–Trinajstić information content (AvgIpc) is 3.06. The first-order valence-electron chi connectivity index (χ1n) is 8.52. The number of halogens is 2. The van der Waals surface area contributed by atoms with Crippen molar-refractivity contribution in [2.24, 2.45) is 0 Å². The van der Waals surface area contributed by atoms with Crippen molar-refractivity contribution < 1.29 is 9.53 Å². The van der Waals surface area contributed by atoms with Crippen molar-refractivity contribution in [2.75, 3.05) is 0 Å². The first kappa shape index (κ1) is 19.5. The molecule has 0 unspecified atom stereocenters. The van der Waals surface area contributed by atoms with E-state index in [9.17, 15) is 4.79 Å². The van der Waals surface area contributed by atoms with Crippen LogP contribution in [-0.4, -0.2) is 15.7 Å². The van der Waals surface area contributed by atoms with Gasteiger partial charge in [0.05, 0.1) is 11.6 Å². The minimum absolute atomic E-state index is 0.178. The summed E-state index contributed by atoms with van der Waals surface area (Å²) < 4.78 is 8.50. The number of amides is 1. The van der Waals surface area contributed by atoms with Gasteiger partial charge >= 0.3 is 0 Å². The molecule has 1 heterocycles. The van der Waals surface area contributed by atoms with E-state index in [0.29, 0.717) is 22.9 Å². The SMILES string of the molecule is CCn1cc(Cl)c(CNC(=O)c2cccc(COc3ccc(Br)cc3)c2)n1. The van der Waals surface area contributed by atoms with Gasteiger partial charge in [0.25, 0.3) is 5.91 Å². The van der Waals surface area contributed by atoms with Gasteiger partial charge < -0.3 is 10.1 Å². The molecule has 0 aliphatic heterocycles. The lowest BCUT2D eigenvalue weighted by Crippen LogP contribution is -2.23. The number of hydrogen-bond acceptors (Lipinski definition) is 3. The normalized spacial score (nSPS) is 10.6. The summed E-state index contributed by atoms with van der Waals surface area (Å²) >= 11 is 9.53. The maximum absolute atomic E-state index is 12.4. The third-order valence-electron chi connectivity index (χ3n) is 3.94. The number of benzene rings is 2. The zero-order valence-corrected chi connectivity index (χ0v) is 17.1. The van der Waals surface area contributed by atoms with E-state index in [1.807, 2.05) is 49.4 Å². The smallest absolute Gasteiger partial charge is 0.251 e. The molecule has 0 aliphatic carbocycles. The fourth-order valence-corrected chi connectivity index (χ4v) is 2.97. The Bertz CT molecular complexity index is 925. The second-order valence-corrected chi connectivity index (χ2v) is 7.23. The van der Waals surface area contributed by atoms with Crippen LogP contribution in [0.2, 0.25) is 5.02 Å². The highest BCUT2D eigenvalue weighted by atomic mass is 79.9. The number of nitrogens with zero attached hydrogens (tertiary/aromatic N) is 2. The lowest BCUT2D eigenvalue weighted by Gasteiger charge is -2.08. The number of carbonyl (C=O) groups is 1. The minimum atomic E-state index is -0.178. The molecule has 0 fully saturated rings. The van der Waals surface area contributed by atoms with Crippen molar-refractivity contribution in [1.29, 1.82) is 0 Å². The van der Waals surface area contributed by atoms with Crippen molar-refractivity contribution in [1.82, 2.24) is 15.1 Å². The summed E-state index contributed by atoms with van der Waals surface area (Å²) in [5, 5.41) is 7.73. The van der Waals surface area contributed by atoms with E-state index in [1.165, 1.54) is 0 Å². The van der Waals surface area contributed by atoms with Crippen molar-refractivity contribution in [3.63, 3.8) is 0 Å². The van der Waals surface area contributed by atoms with Crippen LogP contribution in [0.25, 0.3) is 0 Å². The molecule has 1 aromatic heterocycles. The van der Waals surface area contributed by atoms with Gasteiger partial charge in [0.2, 0.25) is 0 Å². The van der Waals surface area contributed by atoms with Gasteiger partial charge in [-0.05, 0) is 48.9 Å². The number of rotatable bonds is 7. The molecule has 3 rings (SSSR count). The van der Waals surface area contributed by atoms with Gasteiger partial charge in [0.15, 0.2) is 0 Å². The lowest BCUT2D eigenvalue weighted by atomic mass is 10.1. The molecule has 0 aliphatic rings. The molecule has 5 nitrogen and oxygen atoms in total. The molecule has 140 valence electrons. The summed E-state index contributed by atoms with van der Waals surface area (Å²) in [5.41, 5.74) is 2.14. The van der Waals surface area contributed by atoms with Crippen LogP contribution in [0.4, 0.5) is 0 Å². The Morgan fingerprint density at radius 3 is 2.74 bits per heavy atom. The molecule has 0 atom stereocenters. The third-order valence-corrected chi connectivity index (χ3v) is 4.78. The average molecular weight is 449 g/mol. The highest BCUT2D eigenvalue weighted by molar-refractivity contribution is 9.10. The fourth-order valence-electron chi connectivity index (χ4n) is 2.48. The predicted octanol–water partition coefficient (Wildman–Crippen LogP) is 4.83. The standard InChI is InChI=1S/C20H19BrClN3O2/c1-2-25-12-18(22)19(24-25)11-23-20(26)15-5-3-4-14(10-15)13-27-17-8-6-16(21)7-9-17/h3-10,12H,2,11,13H2,1H3,(H,23,26). The van der Waals surface area contributed by atoms with Crippen LogP contribution in [0.5, 0.6) is 5.75 Å². The quantitative estimate of drug-likeness (QED) is 0.563. The largest absolute Gasteiger partial charge is 0.489 e.